The number of hydrogen-bond acceptors (Lipinski definition) is 2. The van der Waals surface area contributed by atoms with Gasteiger partial charge in [-0.25, -0.2) is 4.79 Å². The standard InChI is InChI=1S/C15H28N2O3/c1-4-5-11(6-7-13(18)19)8-9-16-14(20)17-12-10-15(12,2)3/h11-12H,4-10H2,1-3H3,(H,18,19)(H2,16,17,20). The lowest BCUT2D eigenvalue weighted by atomic mass is 9.94. The third-order valence-electron chi connectivity index (χ3n) is 4.12. The zero-order chi connectivity index (χ0) is 15.2. The van der Waals surface area contributed by atoms with Gasteiger partial charge in [-0.2, -0.15) is 0 Å². The molecule has 3 N–H and O–H groups in total. The van der Waals surface area contributed by atoms with Crippen molar-refractivity contribution >= 4 is 12.0 Å². The van der Waals surface area contributed by atoms with Crippen LogP contribution in [0.1, 0.15) is 59.3 Å². The van der Waals surface area contributed by atoms with Crippen LogP contribution < -0.4 is 10.6 Å². The van der Waals surface area contributed by atoms with Crippen molar-refractivity contribution in [2.24, 2.45) is 11.3 Å². The number of carboxylic acids is 1. The molecule has 20 heavy (non-hydrogen) atoms. The molecule has 116 valence electrons. The van der Waals surface area contributed by atoms with Gasteiger partial charge in [-0.3, -0.25) is 4.79 Å². The molecule has 0 heterocycles. The maximum Gasteiger partial charge on any atom is 0.315 e. The van der Waals surface area contributed by atoms with Crippen LogP contribution >= 0.6 is 0 Å². The highest BCUT2D eigenvalue weighted by Gasteiger charge is 2.46. The van der Waals surface area contributed by atoms with Crippen molar-refractivity contribution in [3.63, 3.8) is 0 Å². The van der Waals surface area contributed by atoms with E-state index < -0.39 is 5.97 Å². The average molecular weight is 284 g/mol. The van der Waals surface area contributed by atoms with Crippen LogP contribution in [0.4, 0.5) is 4.79 Å². The molecule has 0 aromatic carbocycles. The van der Waals surface area contributed by atoms with Crippen molar-refractivity contribution in [3.8, 4) is 0 Å². The second-order valence-corrected chi connectivity index (χ2v) is 6.52. The molecule has 1 rings (SSSR count). The first-order chi connectivity index (χ1) is 9.35. The van der Waals surface area contributed by atoms with Gasteiger partial charge in [-0.1, -0.05) is 33.6 Å². The number of nitrogens with one attached hydrogen (secondary N) is 2. The molecule has 2 unspecified atom stereocenters. The van der Waals surface area contributed by atoms with Crippen LogP contribution in [-0.4, -0.2) is 29.7 Å². The summed E-state index contributed by atoms with van der Waals surface area (Å²) in [5.74, 6) is -0.360. The highest BCUT2D eigenvalue weighted by Crippen LogP contribution is 2.44. The SMILES string of the molecule is CCCC(CCNC(=O)NC1CC1(C)C)CCC(=O)O. The highest BCUT2D eigenvalue weighted by molar-refractivity contribution is 5.74. The highest BCUT2D eigenvalue weighted by atomic mass is 16.4. The van der Waals surface area contributed by atoms with Crippen molar-refractivity contribution in [3.05, 3.63) is 0 Å². The fourth-order valence-corrected chi connectivity index (χ4v) is 2.48. The van der Waals surface area contributed by atoms with Gasteiger partial charge in [0.05, 0.1) is 0 Å². The zero-order valence-electron chi connectivity index (χ0n) is 12.9. The summed E-state index contributed by atoms with van der Waals surface area (Å²) in [6.07, 6.45) is 4.87. The van der Waals surface area contributed by atoms with Crippen LogP contribution in [0.2, 0.25) is 0 Å². The number of urea groups is 1. The molecule has 0 saturated heterocycles. The molecule has 0 aromatic rings. The van der Waals surface area contributed by atoms with Gasteiger partial charge in [-0.05, 0) is 30.6 Å². The van der Waals surface area contributed by atoms with Crippen molar-refractivity contribution in [1.29, 1.82) is 0 Å². The maximum atomic E-state index is 11.7. The van der Waals surface area contributed by atoms with Gasteiger partial charge in [0.1, 0.15) is 0 Å². The summed E-state index contributed by atoms with van der Waals surface area (Å²) < 4.78 is 0. The summed E-state index contributed by atoms with van der Waals surface area (Å²) in [6.45, 7) is 6.99. The summed E-state index contributed by atoms with van der Waals surface area (Å²) in [7, 11) is 0. The van der Waals surface area contributed by atoms with Crippen LogP contribution in [0.15, 0.2) is 0 Å². The van der Waals surface area contributed by atoms with E-state index in [1.807, 2.05) is 0 Å². The molecule has 2 atom stereocenters. The average Bonchev–Trinajstić information content (AvgIpc) is 2.93. The lowest BCUT2D eigenvalue weighted by Gasteiger charge is -2.16. The molecule has 1 saturated carbocycles. The first kappa shape index (κ1) is 16.8. The van der Waals surface area contributed by atoms with E-state index in [1.54, 1.807) is 0 Å². The normalized spacial score (nSPS) is 21.1. The van der Waals surface area contributed by atoms with Gasteiger partial charge in [0.2, 0.25) is 0 Å². The first-order valence-electron chi connectivity index (χ1n) is 7.61. The lowest BCUT2D eigenvalue weighted by molar-refractivity contribution is -0.137. The molecule has 0 aliphatic heterocycles. The number of hydrogen-bond donors (Lipinski definition) is 3. The smallest absolute Gasteiger partial charge is 0.315 e. The lowest BCUT2D eigenvalue weighted by Crippen LogP contribution is -2.39. The molecule has 0 spiro atoms. The number of amides is 2. The van der Waals surface area contributed by atoms with E-state index >= 15 is 0 Å². The van der Waals surface area contributed by atoms with E-state index in [9.17, 15) is 9.59 Å². The summed E-state index contributed by atoms with van der Waals surface area (Å²) in [4.78, 5) is 22.3. The Bertz CT molecular complexity index is 342. The van der Waals surface area contributed by atoms with Crippen LogP contribution in [0.25, 0.3) is 0 Å². The quantitative estimate of drug-likeness (QED) is 0.609. The van der Waals surface area contributed by atoms with Crippen molar-refractivity contribution in [2.75, 3.05) is 6.54 Å². The molecule has 0 aromatic heterocycles. The molecular formula is C15H28N2O3. The van der Waals surface area contributed by atoms with Gasteiger partial charge in [0.25, 0.3) is 0 Å². The van der Waals surface area contributed by atoms with Crippen molar-refractivity contribution < 1.29 is 14.7 Å². The molecule has 5 heteroatoms. The minimum absolute atomic E-state index is 0.103. The summed E-state index contributed by atoms with van der Waals surface area (Å²) in [5, 5.41) is 14.5. The first-order valence-corrected chi connectivity index (χ1v) is 7.61. The molecular weight excluding hydrogens is 256 g/mol. The Morgan fingerprint density at radius 1 is 1.30 bits per heavy atom. The molecule has 1 aliphatic rings. The Morgan fingerprint density at radius 2 is 1.95 bits per heavy atom. The Morgan fingerprint density at radius 3 is 2.45 bits per heavy atom. The topological polar surface area (TPSA) is 78.4 Å². The maximum absolute atomic E-state index is 11.7. The fraction of sp³-hybridized carbons (Fsp3) is 0.867. The number of carboxylic acid groups (broad SMARTS) is 1. The molecule has 0 radical (unpaired) electrons. The van der Waals surface area contributed by atoms with Crippen molar-refractivity contribution in [1.82, 2.24) is 10.6 Å². The number of carbonyl (C=O) groups excluding carboxylic acids is 1. The van der Waals surface area contributed by atoms with Gasteiger partial charge in [0.15, 0.2) is 0 Å². The van der Waals surface area contributed by atoms with Crippen LogP contribution in [0.3, 0.4) is 0 Å². The summed E-state index contributed by atoms with van der Waals surface area (Å²) in [5.41, 5.74) is 0.240. The Labute approximate surface area is 121 Å². The minimum Gasteiger partial charge on any atom is -0.481 e. The predicted octanol–water partition coefficient (Wildman–Crippen LogP) is 2.76. The minimum atomic E-state index is -0.743. The molecule has 0 bridgehead atoms. The largest absolute Gasteiger partial charge is 0.481 e. The van der Waals surface area contributed by atoms with Gasteiger partial charge >= 0.3 is 12.0 Å². The summed E-state index contributed by atoms with van der Waals surface area (Å²) >= 11 is 0. The Kier molecular flexibility index (Phi) is 6.30. The van der Waals surface area contributed by atoms with E-state index in [2.05, 4.69) is 31.4 Å². The number of carbonyl (C=O) groups is 2. The molecule has 1 fully saturated rings. The predicted molar refractivity (Wildman–Crippen MR) is 78.6 cm³/mol. The van der Waals surface area contributed by atoms with Crippen molar-refractivity contribution in [2.45, 2.75) is 65.3 Å². The van der Waals surface area contributed by atoms with Crippen LogP contribution in [0.5, 0.6) is 0 Å². The third kappa shape index (κ3) is 6.26. The Hall–Kier alpha value is -1.26. The summed E-state index contributed by atoms with van der Waals surface area (Å²) in [6, 6.07) is 0.190. The van der Waals surface area contributed by atoms with E-state index in [0.717, 1.165) is 25.7 Å². The molecule has 1 aliphatic carbocycles. The number of aliphatic carboxylic acids is 1. The monoisotopic (exact) mass is 284 g/mol. The van der Waals surface area contributed by atoms with E-state index in [0.29, 0.717) is 24.9 Å². The van der Waals surface area contributed by atoms with E-state index in [1.165, 1.54) is 0 Å². The van der Waals surface area contributed by atoms with Crippen LogP contribution in [0, 0.1) is 11.3 Å². The van der Waals surface area contributed by atoms with Gasteiger partial charge < -0.3 is 15.7 Å². The van der Waals surface area contributed by atoms with Crippen LogP contribution in [-0.2, 0) is 4.79 Å². The van der Waals surface area contributed by atoms with Gasteiger partial charge in [0, 0.05) is 19.0 Å². The second kappa shape index (κ2) is 7.50. The van der Waals surface area contributed by atoms with E-state index in [-0.39, 0.29) is 17.9 Å². The van der Waals surface area contributed by atoms with Gasteiger partial charge in [-0.15, -0.1) is 0 Å². The second-order valence-electron chi connectivity index (χ2n) is 6.52. The fourth-order valence-electron chi connectivity index (χ4n) is 2.48. The Balaban J connectivity index is 2.15. The number of rotatable bonds is 9. The zero-order valence-corrected chi connectivity index (χ0v) is 12.9. The van der Waals surface area contributed by atoms with E-state index in [4.69, 9.17) is 5.11 Å². The molecule has 2 amide bonds. The molecule has 5 nitrogen and oxygen atoms in total. The third-order valence-corrected chi connectivity index (χ3v) is 4.12.